The molecule has 0 aliphatic carbocycles. The Labute approximate surface area is 149 Å². The van der Waals surface area contributed by atoms with Gasteiger partial charge in [-0.05, 0) is 12.1 Å². The third-order valence-corrected chi connectivity index (χ3v) is 4.22. The van der Waals surface area contributed by atoms with Gasteiger partial charge in [-0.1, -0.05) is 18.2 Å². The fourth-order valence-corrected chi connectivity index (χ4v) is 2.73. The Morgan fingerprint density at radius 1 is 1.27 bits per heavy atom. The van der Waals surface area contributed by atoms with Crippen molar-refractivity contribution in [3.05, 3.63) is 30.3 Å². The highest BCUT2D eigenvalue weighted by atomic mass is 32.3. The topological polar surface area (TPSA) is 167 Å². The smallest absolute Gasteiger partial charge is 0.415 e. The van der Waals surface area contributed by atoms with E-state index in [1.165, 1.54) is 6.92 Å². The molecule has 1 aromatic rings. The van der Waals surface area contributed by atoms with Crippen molar-refractivity contribution >= 4 is 16.3 Å². The van der Waals surface area contributed by atoms with Crippen LogP contribution in [-0.2, 0) is 28.4 Å². The predicted octanol–water partition coefficient (Wildman–Crippen LogP) is -1.83. The number of ether oxygens (including phenoxy) is 2. The van der Waals surface area contributed by atoms with E-state index in [-0.39, 0.29) is 0 Å². The zero-order valence-electron chi connectivity index (χ0n) is 13.7. The molecule has 1 saturated heterocycles. The van der Waals surface area contributed by atoms with Crippen LogP contribution < -0.4 is 16.0 Å². The van der Waals surface area contributed by atoms with Gasteiger partial charge in [0, 0.05) is 6.92 Å². The van der Waals surface area contributed by atoms with Crippen molar-refractivity contribution in [3.63, 3.8) is 0 Å². The van der Waals surface area contributed by atoms with Crippen molar-refractivity contribution in [1.29, 1.82) is 0 Å². The molecule has 146 valence electrons. The molecule has 1 fully saturated rings. The highest BCUT2D eigenvalue weighted by Crippen LogP contribution is 2.25. The Balaban J connectivity index is 2.17. The first-order chi connectivity index (χ1) is 12.2. The van der Waals surface area contributed by atoms with Crippen LogP contribution in [0.4, 0.5) is 0 Å². The number of aliphatic hydroxyl groups excluding tert-OH is 2. The first kappa shape index (κ1) is 20.5. The van der Waals surface area contributed by atoms with Gasteiger partial charge in [0.2, 0.25) is 12.2 Å². The van der Waals surface area contributed by atoms with Crippen LogP contribution in [0.2, 0.25) is 0 Å². The molecule has 0 saturated carbocycles. The lowest BCUT2D eigenvalue weighted by Crippen LogP contribution is -2.65. The van der Waals surface area contributed by atoms with Crippen LogP contribution in [0.5, 0.6) is 5.75 Å². The molecule has 1 aromatic carbocycles. The monoisotopic (exact) mass is 392 g/mol. The molecule has 5 atom stereocenters. The Hall–Kier alpha value is -1.80. The Morgan fingerprint density at radius 2 is 1.92 bits per heavy atom. The Bertz CT molecular complexity index is 700. The molecule has 0 radical (unpaired) electrons. The summed E-state index contributed by atoms with van der Waals surface area (Å²) in [5.41, 5.74) is 0. The van der Waals surface area contributed by atoms with E-state index in [1.54, 1.807) is 30.3 Å². The predicted molar refractivity (Wildman–Crippen MR) is 85.5 cm³/mol. The average molecular weight is 392 g/mol. The first-order valence-corrected chi connectivity index (χ1v) is 8.85. The van der Waals surface area contributed by atoms with Crippen molar-refractivity contribution in [2.45, 2.75) is 37.6 Å². The first-order valence-electron chi connectivity index (χ1n) is 7.51. The van der Waals surface area contributed by atoms with E-state index in [4.69, 9.17) is 9.47 Å². The second-order valence-electron chi connectivity index (χ2n) is 5.47. The van der Waals surface area contributed by atoms with E-state index in [2.05, 4.69) is 19.7 Å². The van der Waals surface area contributed by atoms with E-state index < -0.39 is 53.6 Å². The van der Waals surface area contributed by atoms with Gasteiger partial charge in [-0.25, -0.2) is 4.18 Å². The summed E-state index contributed by atoms with van der Waals surface area (Å²) in [6.45, 7) is 0.526. The molecule has 5 N–H and O–H groups in total. The quantitative estimate of drug-likeness (QED) is 0.387. The molecule has 1 aliphatic rings. The van der Waals surface area contributed by atoms with Gasteiger partial charge in [0.25, 0.3) is 0 Å². The standard InChI is InChI=1S/C14H20N2O9S/c1-8(17)16-11-13(19)12(18)10(7-22-26(20,21)25-15)24-14(11)23-9-5-3-2-4-6-9/h2-6,10-14,18-19H,7,15H2,1H3,(H,16,17). The van der Waals surface area contributed by atoms with Gasteiger partial charge in [-0.2, -0.15) is 18.6 Å². The van der Waals surface area contributed by atoms with Crippen LogP contribution in [0.25, 0.3) is 0 Å². The van der Waals surface area contributed by atoms with E-state index in [9.17, 15) is 23.4 Å². The number of carbonyl (C=O) groups is 1. The number of para-hydroxylation sites is 1. The Kier molecular flexibility index (Phi) is 6.88. The second-order valence-corrected chi connectivity index (χ2v) is 6.71. The minimum absolute atomic E-state index is 0.369. The van der Waals surface area contributed by atoms with E-state index in [0.717, 1.165) is 0 Å². The lowest BCUT2D eigenvalue weighted by atomic mass is 9.97. The molecule has 2 rings (SSSR count). The normalized spacial score (nSPS) is 29.2. The molecule has 26 heavy (non-hydrogen) atoms. The molecule has 11 nitrogen and oxygen atoms in total. The number of amides is 1. The summed E-state index contributed by atoms with van der Waals surface area (Å²) in [6, 6.07) is 7.27. The molecule has 5 unspecified atom stereocenters. The minimum atomic E-state index is -4.47. The summed E-state index contributed by atoms with van der Waals surface area (Å²) in [5.74, 6) is 4.44. The van der Waals surface area contributed by atoms with Crippen molar-refractivity contribution in [1.82, 2.24) is 5.32 Å². The fourth-order valence-electron chi connectivity index (χ4n) is 2.37. The lowest BCUT2D eigenvalue weighted by Gasteiger charge is -2.42. The zero-order valence-corrected chi connectivity index (χ0v) is 14.5. The van der Waals surface area contributed by atoms with Crippen LogP contribution in [0.15, 0.2) is 30.3 Å². The number of hydrogen-bond acceptors (Lipinski definition) is 10. The summed E-state index contributed by atoms with van der Waals surface area (Å²) in [6.07, 6.45) is -5.62. The average Bonchev–Trinajstić information content (AvgIpc) is 2.61. The summed E-state index contributed by atoms with van der Waals surface area (Å²) in [4.78, 5) is 11.4. The van der Waals surface area contributed by atoms with Crippen LogP contribution >= 0.6 is 0 Å². The zero-order chi connectivity index (χ0) is 19.3. The summed E-state index contributed by atoms with van der Waals surface area (Å²) in [5, 5.41) is 22.9. The summed E-state index contributed by atoms with van der Waals surface area (Å²) < 4.78 is 41.5. The second kappa shape index (κ2) is 8.73. The number of rotatable bonds is 7. The van der Waals surface area contributed by atoms with Gasteiger partial charge in [0.05, 0.1) is 6.61 Å². The number of aliphatic hydroxyl groups is 2. The van der Waals surface area contributed by atoms with Crippen molar-refractivity contribution < 1.29 is 41.4 Å². The molecular formula is C14H20N2O9S. The lowest BCUT2D eigenvalue weighted by molar-refractivity contribution is -0.242. The van der Waals surface area contributed by atoms with Gasteiger partial charge in [0.1, 0.15) is 30.1 Å². The maximum atomic E-state index is 11.4. The van der Waals surface area contributed by atoms with Gasteiger partial charge >= 0.3 is 10.4 Å². The maximum Gasteiger partial charge on any atom is 0.415 e. The van der Waals surface area contributed by atoms with Crippen LogP contribution in [0.3, 0.4) is 0 Å². The fraction of sp³-hybridized carbons (Fsp3) is 0.500. The van der Waals surface area contributed by atoms with Gasteiger partial charge in [-0.15, -0.1) is 0 Å². The molecule has 0 spiro atoms. The van der Waals surface area contributed by atoms with Crippen LogP contribution in [0.1, 0.15) is 6.92 Å². The molecule has 1 amide bonds. The molecule has 1 heterocycles. The number of nitrogens with one attached hydrogen (secondary N) is 1. The van der Waals surface area contributed by atoms with Crippen LogP contribution in [-0.4, -0.2) is 61.8 Å². The number of benzene rings is 1. The Morgan fingerprint density at radius 3 is 2.50 bits per heavy atom. The third kappa shape index (κ3) is 5.35. The highest BCUT2D eigenvalue weighted by molar-refractivity contribution is 7.81. The number of carbonyl (C=O) groups excluding carboxylic acids is 1. The van der Waals surface area contributed by atoms with Gasteiger partial charge < -0.3 is 25.0 Å². The van der Waals surface area contributed by atoms with E-state index >= 15 is 0 Å². The number of nitrogens with two attached hydrogens (primary N) is 1. The van der Waals surface area contributed by atoms with E-state index in [1.807, 2.05) is 0 Å². The SMILES string of the molecule is CC(=O)NC1C(Oc2ccccc2)OC(COS(=O)(=O)ON)C(O)C1O. The summed E-state index contributed by atoms with van der Waals surface area (Å²) >= 11 is 0. The maximum absolute atomic E-state index is 11.4. The minimum Gasteiger partial charge on any atom is -0.463 e. The number of hydrogen-bond donors (Lipinski definition) is 4. The van der Waals surface area contributed by atoms with E-state index in [0.29, 0.717) is 5.75 Å². The third-order valence-electron chi connectivity index (χ3n) is 3.56. The highest BCUT2D eigenvalue weighted by Gasteiger charge is 2.46. The van der Waals surface area contributed by atoms with Crippen molar-refractivity contribution in [2.24, 2.45) is 5.90 Å². The molecule has 12 heteroatoms. The van der Waals surface area contributed by atoms with Gasteiger partial charge in [0.15, 0.2) is 0 Å². The molecule has 0 bridgehead atoms. The van der Waals surface area contributed by atoms with Gasteiger partial charge in [-0.3, -0.25) is 4.79 Å². The molecule has 1 aliphatic heterocycles. The summed E-state index contributed by atoms with van der Waals surface area (Å²) in [7, 11) is -4.47. The van der Waals surface area contributed by atoms with Crippen LogP contribution in [0, 0.1) is 0 Å². The van der Waals surface area contributed by atoms with Crippen molar-refractivity contribution in [2.75, 3.05) is 6.61 Å². The largest absolute Gasteiger partial charge is 0.463 e. The molecular weight excluding hydrogens is 372 g/mol. The molecule has 0 aromatic heterocycles. The van der Waals surface area contributed by atoms with Crippen molar-refractivity contribution in [3.8, 4) is 5.75 Å².